The molecule has 1 aliphatic heterocycles. The van der Waals surface area contributed by atoms with Crippen LogP contribution in [0.1, 0.15) is 26.5 Å². The summed E-state index contributed by atoms with van der Waals surface area (Å²) < 4.78 is 37.6. The maximum atomic E-state index is 13.5. The van der Waals surface area contributed by atoms with E-state index in [1.807, 2.05) is 6.92 Å². The monoisotopic (exact) mass is 490 g/mol. The van der Waals surface area contributed by atoms with Crippen LogP contribution in [0.25, 0.3) is 11.2 Å². The first-order valence-corrected chi connectivity index (χ1v) is 12.3. The highest BCUT2D eigenvalue weighted by molar-refractivity contribution is 7.52. The second-order valence-corrected chi connectivity index (χ2v) is 9.71. The van der Waals surface area contributed by atoms with Gasteiger partial charge in [0.15, 0.2) is 11.5 Å². The second kappa shape index (κ2) is 10.1. The first-order chi connectivity index (χ1) is 16.3. The minimum absolute atomic E-state index is 0.0321. The number of methoxy groups -OCH3 is 1. The number of ether oxygens (including phenoxy) is 2. The summed E-state index contributed by atoms with van der Waals surface area (Å²) >= 11 is 0. The molecule has 0 radical (unpaired) electrons. The Bertz CT molecular complexity index is 1190. The molecule has 1 fully saturated rings. The van der Waals surface area contributed by atoms with Gasteiger partial charge in [-0.25, -0.2) is 19.5 Å². The summed E-state index contributed by atoms with van der Waals surface area (Å²) in [5, 5.41) is 2.63. The van der Waals surface area contributed by atoms with Gasteiger partial charge in [-0.2, -0.15) is 5.09 Å². The lowest BCUT2D eigenvalue weighted by Gasteiger charge is -2.24. The molecule has 4 unspecified atom stereocenters. The average molecular weight is 490 g/mol. The standard InChI is InChI=1S/C21H27N6O6P/c1-13-9-16(32-20(13)27-12-25-17-18(22)23-11-24-19(17)27)10-31-34(29,26-14(2)21(28)30-3)33-15-7-5-4-6-8-15/h4-8,11-14,16,20H,9-10H2,1-3H3,(H,26,29)(H2,22,23,24)/t13?,14-,16?,20?,34?/m0/s1. The zero-order chi connectivity index (χ0) is 24.3. The van der Waals surface area contributed by atoms with Crippen LogP contribution in [-0.4, -0.2) is 51.4 Å². The van der Waals surface area contributed by atoms with Crippen molar-refractivity contribution in [2.75, 3.05) is 19.5 Å². The fourth-order valence-electron chi connectivity index (χ4n) is 3.78. The number of fused-ring (bicyclic) bond motifs is 1. The molecule has 1 aromatic carbocycles. The van der Waals surface area contributed by atoms with Gasteiger partial charge in [0, 0.05) is 5.92 Å². The Morgan fingerprint density at radius 3 is 2.82 bits per heavy atom. The number of benzene rings is 1. The van der Waals surface area contributed by atoms with Crippen LogP contribution in [0.4, 0.5) is 5.82 Å². The molecule has 3 aromatic rings. The summed E-state index contributed by atoms with van der Waals surface area (Å²) in [7, 11) is -2.70. The summed E-state index contributed by atoms with van der Waals surface area (Å²) in [5.74, 6) is 0.105. The van der Waals surface area contributed by atoms with Crippen molar-refractivity contribution >= 4 is 30.7 Å². The lowest BCUT2D eigenvalue weighted by Crippen LogP contribution is -2.35. The Labute approximate surface area is 196 Å². The molecular weight excluding hydrogens is 463 g/mol. The van der Waals surface area contributed by atoms with E-state index in [0.29, 0.717) is 29.2 Å². The molecule has 1 saturated heterocycles. The summed E-state index contributed by atoms with van der Waals surface area (Å²) in [6, 6.07) is 7.64. The third-order valence-corrected chi connectivity index (χ3v) is 7.06. The predicted octanol–water partition coefficient (Wildman–Crippen LogP) is 2.69. The second-order valence-electron chi connectivity index (χ2n) is 8.02. The number of carbonyl (C=O) groups excluding carboxylic acids is 1. The number of carbonyl (C=O) groups is 1. The van der Waals surface area contributed by atoms with Gasteiger partial charge >= 0.3 is 13.7 Å². The van der Waals surface area contributed by atoms with E-state index in [1.54, 1.807) is 41.2 Å². The Balaban J connectivity index is 1.47. The molecule has 13 heteroatoms. The molecule has 2 aromatic heterocycles. The van der Waals surface area contributed by atoms with E-state index in [9.17, 15) is 9.36 Å². The van der Waals surface area contributed by atoms with Crippen LogP contribution >= 0.6 is 7.75 Å². The van der Waals surface area contributed by atoms with Crippen molar-refractivity contribution in [2.24, 2.45) is 5.92 Å². The van der Waals surface area contributed by atoms with Gasteiger partial charge in [0.05, 0.1) is 26.1 Å². The van der Waals surface area contributed by atoms with Crippen LogP contribution in [0.2, 0.25) is 0 Å². The van der Waals surface area contributed by atoms with Crippen LogP contribution < -0.4 is 15.3 Å². The maximum absolute atomic E-state index is 13.5. The maximum Gasteiger partial charge on any atom is 0.459 e. The Morgan fingerprint density at radius 1 is 1.32 bits per heavy atom. The predicted molar refractivity (Wildman–Crippen MR) is 123 cm³/mol. The van der Waals surface area contributed by atoms with Crippen molar-refractivity contribution in [1.82, 2.24) is 24.6 Å². The highest BCUT2D eigenvalue weighted by Gasteiger charge is 2.38. The number of nitrogens with two attached hydrogens (primary N) is 1. The van der Waals surface area contributed by atoms with Gasteiger partial charge < -0.3 is 19.7 Å². The van der Waals surface area contributed by atoms with E-state index in [-0.39, 0.29) is 24.9 Å². The zero-order valence-corrected chi connectivity index (χ0v) is 19.9. The van der Waals surface area contributed by atoms with Gasteiger partial charge in [0.2, 0.25) is 0 Å². The number of para-hydroxylation sites is 1. The number of nitrogen functional groups attached to an aromatic ring is 1. The molecule has 4 rings (SSSR count). The Kier molecular flexibility index (Phi) is 7.13. The van der Waals surface area contributed by atoms with E-state index in [2.05, 4.69) is 20.0 Å². The molecule has 3 heterocycles. The zero-order valence-electron chi connectivity index (χ0n) is 19.0. The third kappa shape index (κ3) is 5.20. The quantitative estimate of drug-likeness (QED) is 0.336. The summed E-state index contributed by atoms with van der Waals surface area (Å²) in [4.78, 5) is 24.4. The smallest absolute Gasteiger partial charge is 0.459 e. The average Bonchev–Trinajstić information content (AvgIpc) is 3.41. The SMILES string of the molecule is COC(=O)[C@H](C)NP(=O)(OCC1CC(C)C(n2cnc3c(N)ncnc32)O1)Oc1ccccc1. The van der Waals surface area contributed by atoms with E-state index in [0.717, 1.165) is 0 Å². The highest BCUT2D eigenvalue weighted by Crippen LogP contribution is 2.46. The summed E-state index contributed by atoms with van der Waals surface area (Å²) in [6.07, 6.45) is 2.86. The first kappa shape index (κ1) is 24.1. The molecule has 0 aliphatic carbocycles. The number of anilines is 1. The van der Waals surface area contributed by atoms with Crippen molar-refractivity contribution in [3.05, 3.63) is 43.0 Å². The summed E-state index contributed by atoms with van der Waals surface area (Å²) in [5.41, 5.74) is 6.95. The number of aromatic nitrogens is 4. The van der Waals surface area contributed by atoms with Gasteiger partial charge in [0.25, 0.3) is 0 Å². The van der Waals surface area contributed by atoms with Gasteiger partial charge in [-0.3, -0.25) is 13.9 Å². The van der Waals surface area contributed by atoms with E-state index in [1.165, 1.54) is 20.4 Å². The number of rotatable bonds is 9. The van der Waals surface area contributed by atoms with Crippen molar-refractivity contribution in [1.29, 1.82) is 0 Å². The van der Waals surface area contributed by atoms with Crippen LogP contribution in [-0.2, 0) is 23.4 Å². The molecule has 3 N–H and O–H groups in total. The minimum atomic E-state index is -3.95. The molecular formula is C21H27N6O6P. The normalized spacial score (nSPS) is 22.9. The molecule has 0 amide bonds. The molecule has 0 spiro atoms. The molecule has 12 nitrogen and oxygen atoms in total. The van der Waals surface area contributed by atoms with Gasteiger partial charge in [-0.1, -0.05) is 25.1 Å². The van der Waals surface area contributed by atoms with E-state index in [4.69, 9.17) is 24.3 Å². The van der Waals surface area contributed by atoms with Crippen LogP contribution in [0, 0.1) is 5.92 Å². The molecule has 0 saturated carbocycles. The number of esters is 1. The van der Waals surface area contributed by atoms with Crippen molar-refractivity contribution in [2.45, 2.75) is 38.6 Å². The van der Waals surface area contributed by atoms with Crippen molar-refractivity contribution in [3.63, 3.8) is 0 Å². The molecule has 34 heavy (non-hydrogen) atoms. The van der Waals surface area contributed by atoms with Crippen LogP contribution in [0.15, 0.2) is 43.0 Å². The Morgan fingerprint density at radius 2 is 2.09 bits per heavy atom. The number of imidazole rings is 1. The largest absolute Gasteiger partial charge is 0.468 e. The highest BCUT2D eigenvalue weighted by atomic mass is 31.2. The number of nitrogens with zero attached hydrogens (tertiary/aromatic N) is 4. The van der Waals surface area contributed by atoms with Gasteiger partial charge in [-0.15, -0.1) is 0 Å². The fourth-order valence-corrected chi connectivity index (χ4v) is 5.30. The molecule has 1 aliphatic rings. The number of nitrogens with one attached hydrogen (secondary N) is 1. The Hall–Kier alpha value is -3.05. The van der Waals surface area contributed by atoms with Crippen LogP contribution in [0.3, 0.4) is 0 Å². The van der Waals surface area contributed by atoms with Gasteiger partial charge in [0.1, 0.15) is 29.9 Å². The first-order valence-electron chi connectivity index (χ1n) is 10.7. The van der Waals surface area contributed by atoms with E-state index < -0.39 is 19.8 Å². The summed E-state index contributed by atoms with van der Waals surface area (Å²) in [6.45, 7) is 3.51. The third-order valence-electron chi connectivity index (χ3n) is 5.42. The van der Waals surface area contributed by atoms with Crippen molar-refractivity contribution < 1.29 is 27.9 Å². The lowest BCUT2D eigenvalue weighted by molar-refractivity contribution is -0.142. The lowest BCUT2D eigenvalue weighted by atomic mass is 10.1. The molecule has 182 valence electrons. The topological polar surface area (TPSA) is 153 Å². The van der Waals surface area contributed by atoms with Crippen molar-refractivity contribution in [3.8, 4) is 5.75 Å². The minimum Gasteiger partial charge on any atom is -0.468 e. The van der Waals surface area contributed by atoms with Gasteiger partial charge in [-0.05, 0) is 25.5 Å². The van der Waals surface area contributed by atoms with Crippen LogP contribution in [0.5, 0.6) is 5.75 Å². The fraction of sp³-hybridized carbons (Fsp3) is 0.429. The van der Waals surface area contributed by atoms with E-state index >= 15 is 0 Å². The number of hydrogen-bond acceptors (Lipinski definition) is 10. The molecule has 0 bridgehead atoms. The number of hydrogen-bond donors (Lipinski definition) is 2. The molecule has 5 atom stereocenters.